The van der Waals surface area contributed by atoms with Gasteiger partial charge in [0.15, 0.2) is 33.8 Å². The predicted molar refractivity (Wildman–Crippen MR) is 140 cm³/mol. The minimum atomic E-state index is -0.812. The molecule has 4 aromatic rings. The van der Waals surface area contributed by atoms with Crippen LogP contribution in [0.5, 0.6) is 5.75 Å². The lowest BCUT2D eigenvalue weighted by Crippen LogP contribution is -2.15. The summed E-state index contributed by atoms with van der Waals surface area (Å²) in [7, 11) is 0. The molecule has 0 aliphatic carbocycles. The van der Waals surface area contributed by atoms with Crippen LogP contribution in [0.1, 0.15) is 18.9 Å². The van der Waals surface area contributed by atoms with Gasteiger partial charge in [0.1, 0.15) is 5.82 Å². The molecule has 0 spiro atoms. The van der Waals surface area contributed by atoms with E-state index in [4.69, 9.17) is 4.74 Å². The quantitative estimate of drug-likeness (QED) is 0.167. The van der Waals surface area contributed by atoms with Crippen LogP contribution >= 0.6 is 39.0 Å². The molecule has 2 heterocycles. The first-order valence-corrected chi connectivity index (χ1v) is 13.3. The fourth-order valence-corrected chi connectivity index (χ4v) is 4.95. The normalized spacial score (nSPS) is 11.8. The van der Waals surface area contributed by atoms with Gasteiger partial charge in [-0.05, 0) is 31.2 Å². The summed E-state index contributed by atoms with van der Waals surface area (Å²) >= 11 is 5.94. The van der Waals surface area contributed by atoms with Crippen molar-refractivity contribution in [3.63, 3.8) is 0 Å². The maximum absolute atomic E-state index is 14.0. The fraction of sp³-hybridized carbons (Fsp3) is 0.167. The van der Waals surface area contributed by atoms with Crippen LogP contribution in [0.3, 0.4) is 0 Å². The van der Waals surface area contributed by atoms with Gasteiger partial charge in [-0.3, -0.25) is 9.36 Å². The van der Waals surface area contributed by atoms with E-state index in [2.05, 4.69) is 43.0 Å². The average molecular weight is 592 g/mol. The third-order valence-corrected chi connectivity index (χ3v) is 7.09. The molecule has 0 radical (unpaired) electrons. The fourth-order valence-electron chi connectivity index (χ4n) is 3.19. The Morgan fingerprint density at radius 2 is 2.06 bits per heavy atom. The summed E-state index contributed by atoms with van der Waals surface area (Å²) in [5.41, 5.74) is 1.73. The number of ether oxygens (including phenoxy) is 1. The van der Waals surface area contributed by atoms with Crippen molar-refractivity contribution in [1.29, 1.82) is 0 Å². The second-order valence-electron chi connectivity index (χ2n) is 7.46. The summed E-state index contributed by atoms with van der Waals surface area (Å²) in [4.78, 5) is 17.0. The number of amides is 1. The maximum atomic E-state index is 14.0. The molecule has 4 rings (SSSR count). The van der Waals surface area contributed by atoms with Gasteiger partial charge in [0.05, 0.1) is 11.4 Å². The number of hydrogen-bond acceptors (Lipinski definition) is 7. The van der Waals surface area contributed by atoms with E-state index in [9.17, 15) is 13.6 Å². The number of allylic oxidation sites excluding steroid dienone is 1. The highest BCUT2D eigenvalue weighted by Crippen LogP contribution is 2.28. The summed E-state index contributed by atoms with van der Waals surface area (Å²) in [6.45, 7) is 5.79. The molecule has 0 bridgehead atoms. The number of halogens is 3. The Bertz CT molecular complexity index is 1380. The number of nitrogens with one attached hydrogen (secondary N) is 1. The monoisotopic (exact) mass is 591 g/mol. The Labute approximate surface area is 222 Å². The number of benzene rings is 2. The summed E-state index contributed by atoms with van der Waals surface area (Å²) in [5.74, 6) is -1.36. The van der Waals surface area contributed by atoms with Crippen molar-refractivity contribution in [2.45, 2.75) is 24.7 Å². The molecule has 1 atom stereocenters. The molecule has 2 aromatic carbocycles. The molecule has 1 unspecified atom stereocenters. The molecule has 0 aliphatic heterocycles. The summed E-state index contributed by atoms with van der Waals surface area (Å²) in [6.07, 6.45) is 0.967. The van der Waals surface area contributed by atoms with E-state index in [1.807, 2.05) is 29.6 Å². The standard InChI is InChI=1S/C24H20BrF2N5O2S2/c1-3-10-32-22(14(2)34-20-9-8-17(26)11-18(20)27)30-31-24(32)36-13-21(33)29-23-28-19(12-35-23)15-4-6-16(25)7-5-15/h3-9,11-12,14H,1,10,13H2,2H3,(H,28,29,33). The summed E-state index contributed by atoms with van der Waals surface area (Å²) in [6, 6.07) is 10.8. The van der Waals surface area contributed by atoms with Crippen LogP contribution in [0.4, 0.5) is 13.9 Å². The zero-order valence-corrected chi connectivity index (χ0v) is 22.2. The van der Waals surface area contributed by atoms with E-state index in [1.54, 1.807) is 17.6 Å². The highest BCUT2D eigenvalue weighted by molar-refractivity contribution is 9.10. The topological polar surface area (TPSA) is 81.9 Å². The van der Waals surface area contributed by atoms with Crippen molar-refractivity contribution < 1.29 is 18.3 Å². The minimum absolute atomic E-state index is 0.0737. The van der Waals surface area contributed by atoms with Crippen LogP contribution in [-0.4, -0.2) is 31.4 Å². The van der Waals surface area contributed by atoms with E-state index >= 15 is 0 Å². The first-order chi connectivity index (χ1) is 17.3. The number of thioether (sulfide) groups is 1. The Hall–Kier alpha value is -3.09. The molecule has 0 fully saturated rings. The lowest BCUT2D eigenvalue weighted by molar-refractivity contribution is -0.113. The Kier molecular flexibility index (Phi) is 8.49. The van der Waals surface area contributed by atoms with E-state index < -0.39 is 17.7 Å². The van der Waals surface area contributed by atoms with Gasteiger partial charge in [-0.15, -0.1) is 28.1 Å². The number of rotatable bonds is 10. The molecule has 186 valence electrons. The molecule has 0 saturated heterocycles. The van der Waals surface area contributed by atoms with Crippen LogP contribution in [0.15, 0.2) is 70.1 Å². The largest absolute Gasteiger partial charge is 0.480 e. The molecule has 36 heavy (non-hydrogen) atoms. The number of thiazole rings is 1. The van der Waals surface area contributed by atoms with Gasteiger partial charge < -0.3 is 10.1 Å². The van der Waals surface area contributed by atoms with E-state index in [-0.39, 0.29) is 17.4 Å². The predicted octanol–water partition coefficient (Wildman–Crippen LogP) is 6.50. The van der Waals surface area contributed by atoms with Crippen molar-refractivity contribution >= 4 is 50.1 Å². The molecule has 0 aliphatic rings. The van der Waals surface area contributed by atoms with Crippen LogP contribution in [0.2, 0.25) is 0 Å². The van der Waals surface area contributed by atoms with Crippen LogP contribution in [-0.2, 0) is 11.3 Å². The number of nitrogens with zero attached hydrogens (tertiary/aromatic N) is 4. The number of carbonyl (C=O) groups excluding carboxylic acids is 1. The van der Waals surface area contributed by atoms with Crippen molar-refractivity contribution in [3.8, 4) is 17.0 Å². The van der Waals surface area contributed by atoms with Crippen LogP contribution in [0, 0.1) is 11.6 Å². The Morgan fingerprint density at radius 1 is 1.28 bits per heavy atom. The van der Waals surface area contributed by atoms with E-state index in [0.29, 0.717) is 22.7 Å². The smallest absolute Gasteiger partial charge is 0.236 e. The first-order valence-electron chi connectivity index (χ1n) is 10.6. The first kappa shape index (κ1) is 26.0. The van der Waals surface area contributed by atoms with Crippen LogP contribution in [0.25, 0.3) is 11.3 Å². The molecule has 12 heteroatoms. The van der Waals surface area contributed by atoms with E-state index in [1.165, 1.54) is 29.2 Å². The second-order valence-corrected chi connectivity index (χ2v) is 10.2. The molecule has 2 aromatic heterocycles. The lowest BCUT2D eigenvalue weighted by Gasteiger charge is -2.16. The Balaban J connectivity index is 1.39. The maximum Gasteiger partial charge on any atom is 0.236 e. The van der Waals surface area contributed by atoms with Gasteiger partial charge in [0, 0.05) is 28.0 Å². The van der Waals surface area contributed by atoms with Crippen molar-refractivity contribution in [2.75, 3.05) is 11.1 Å². The number of aromatic nitrogens is 4. The average Bonchev–Trinajstić information content (AvgIpc) is 3.47. The second kappa shape index (κ2) is 11.8. The third kappa shape index (κ3) is 6.37. The van der Waals surface area contributed by atoms with Gasteiger partial charge in [-0.1, -0.05) is 45.9 Å². The van der Waals surface area contributed by atoms with E-state index in [0.717, 1.165) is 27.9 Å². The van der Waals surface area contributed by atoms with Crippen LogP contribution < -0.4 is 10.1 Å². The molecule has 1 N–H and O–H groups in total. The van der Waals surface area contributed by atoms with Gasteiger partial charge in [0.2, 0.25) is 5.91 Å². The van der Waals surface area contributed by atoms with Gasteiger partial charge in [-0.25, -0.2) is 13.8 Å². The molecular weight excluding hydrogens is 572 g/mol. The lowest BCUT2D eigenvalue weighted by atomic mass is 10.2. The molecule has 7 nitrogen and oxygen atoms in total. The number of carbonyl (C=O) groups is 1. The highest BCUT2D eigenvalue weighted by atomic mass is 79.9. The van der Waals surface area contributed by atoms with Crippen molar-refractivity contribution in [1.82, 2.24) is 19.7 Å². The highest BCUT2D eigenvalue weighted by Gasteiger charge is 2.21. The Morgan fingerprint density at radius 3 is 2.78 bits per heavy atom. The zero-order valence-electron chi connectivity index (χ0n) is 19.0. The molecule has 0 saturated carbocycles. The van der Waals surface area contributed by atoms with Gasteiger partial charge >= 0.3 is 0 Å². The molecule has 1 amide bonds. The SMILES string of the molecule is C=CCn1c(SCC(=O)Nc2nc(-c3ccc(Br)cc3)cs2)nnc1C(C)Oc1ccc(F)cc1F. The molecular formula is C24H20BrF2N5O2S2. The van der Waals surface area contributed by atoms with Crippen molar-refractivity contribution in [2.24, 2.45) is 0 Å². The number of hydrogen-bond donors (Lipinski definition) is 1. The summed E-state index contributed by atoms with van der Waals surface area (Å²) < 4.78 is 35.5. The summed E-state index contributed by atoms with van der Waals surface area (Å²) in [5, 5.41) is 14.0. The van der Waals surface area contributed by atoms with Gasteiger partial charge in [0.25, 0.3) is 0 Å². The third-order valence-electron chi connectivity index (χ3n) is 4.84. The van der Waals surface area contributed by atoms with Gasteiger partial charge in [-0.2, -0.15) is 0 Å². The number of anilines is 1. The minimum Gasteiger partial charge on any atom is -0.480 e. The van der Waals surface area contributed by atoms with Crippen molar-refractivity contribution in [3.05, 3.63) is 82.4 Å². The zero-order chi connectivity index (χ0) is 25.7.